The van der Waals surface area contributed by atoms with Crippen molar-refractivity contribution in [2.45, 2.75) is 26.4 Å². The predicted octanol–water partition coefficient (Wildman–Crippen LogP) is -0.958. The van der Waals surface area contributed by atoms with Crippen molar-refractivity contribution in [2.75, 3.05) is 0 Å². The highest BCUT2D eigenvalue weighted by molar-refractivity contribution is 5.14. The molecule has 16 heavy (non-hydrogen) atoms. The van der Waals surface area contributed by atoms with E-state index in [-0.39, 0.29) is 12.4 Å². The number of benzene rings is 1. The average Bonchev–Trinajstić information content (AvgIpc) is 2.76. The van der Waals surface area contributed by atoms with Gasteiger partial charge in [0.15, 0.2) is 0 Å². The topological polar surface area (TPSA) is 8.81 Å². The fraction of sp³-hybridized carbons (Fsp3) is 0.308. The molecule has 1 aromatic heterocycles. The van der Waals surface area contributed by atoms with Gasteiger partial charge in [-0.3, -0.25) is 0 Å². The van der Waals surface area contributed by atoms with Crippen LogP contribution < -0.4 is 17.0 Å². The number of aryl methyl sites for hydroxylation is 3. The molecule has 0 aliphatic carbocycles. The summed E-state index contributed by atoms with van der Waals surface area (Å²) in [5.74, 6) is 0. The molecule has 2 rings (SSSR count). The lowest BCUT2D eigenvalue weighted by Gasteiger charge is -1.97. The Hall–Kier alpha value is -1.28. The summed E-state index contributed by atoms with van der Waals surface area (Å²) in [6.07, 6.45) is 7.50. The molecule has 86 valence electrons. The summed E-state index contributed by atoms with van der Waals surface area (Å²) in [7, 11) is 0. The minimum Gasteiger partial charge on any atom is -1.00 e. The Bertz CT molecular complexity index is 409. The Balaban J connectivity index is 0.00000128. The minimum atomic E-state index is 0. The number of halogens is 1. The van der Waals surface area contributed by atoms with Gasteiger partial charge >= 0.3 is 0 Å². The zero-order valence-electron chi connectivity index (χ0n) is 9.51. The summed E-state index contributed by atoms with van der Waals surface area (Å²) in [5, 5.41) is 0. The first-order valence-corrected chi connectivity index (χ1v) is 5.47. The maximum absolute atomic E-state index is 2.23. The fourth-order valence-electron chi connectivity index (χ4n) is 1.66. The van der Waals surface area contributed by atoms with Gasteiger partial charge in [-0.2, -0.15) is 0 Å². The van der Waals surface area contributed by atoms with Crippen molar-refractivity contribution in [2.24, 2.45) is 0 Å². The first-order valence-electron chi connectivity index (χ1n) is 5.47. The summed E-state index contributed by atoms with van der Waals surface area (Å²) in [5.41, 5.74) is 1.40. The predicted molar refractivity (Wildman–Crippen MR) is 60.4 cm³/mol. The van der Waals surface area contributed by atoms with E-state index in [1.807, 2.05) is 0 Å². The molecule has 0 bridgehead atoms. The first kappa shape index (κ1) is 12.8. The Morgan fingerprint density at radius 1 is 1.19 bits per heavy atom. The first-order chi connectivity index (χ1) is 7.38. The maximum atomic E-state index is 2.23. The van der Waals surface area contributed by atoms with Crippen molar-refractivity contribution in [1.29, 1.82) is 0 Å². The van der Waals surface area contributed by atoms with E-state index in [1.54, 1.807) is 0 Å². The fourth-order valence-corrected chi connectivity index (χ4v) is 1.66. The largest absolute Gasteiger partial charge is 1.00 e. The Morgan fingerprint density at radius 3 is 2.56 bits per heavy atom. The van der Waals surface area contributed by atoms with Gasteiger partial charge in [0.2, 0.25) is 6.33 Å². The molecular formula is C13H17ClN2. The van der Waals surface area contributed by atoms with Crippen LogP contribution in [0.4, 0.5) is 0 Å². The summed E-state index contributed by atoms with van der Waals surface area (Å²) in [6.45, 7) is 4.25. The van der Waals surface area contributed by atoms with Crippen LogP contribution in [0.2, 0.25) is 0 Å². The van der Waals surface area contributed by atoms with Gasteiger partial charge in [-0.1, -0.05) is 30.3 Å². The molecule has 0 saturated heterocycles. The lowest BCUT2D eigenvalue weighted by atomic mass is 10.1. The SMILES string of the molecule is CCn1cc[n+](CCc2ccccc2)c1.[Cl-]. The second-order valence-corrected chi connectivity index (χ2v) is 3.72. The number of imidazole rings is 1. The molecule has 0 fully saturated rings. The van der Waals surface area contributed by atoms with Gasteiger partial charge in [0, 0.05) is 6.42 Å². The molecule has 0 N–H and O–H groups in total. The van der Waals surface area contributed by atoms with E-state index in [1.165, 1.54) is 5.56 Å². The van der Waals surface area contributed by atoms with E-state index < -0.39 is 0 Å². The standard InChI is InChI=1S/C13H17N2.ClH/c1-2-14-10-11-15(12-14)9-8-13-6-4-3-5-7-13;/h3-7,10-12H,2,8-9H2,1H3;1H/q+1;/p-1. The molecule has 0 aliphatic rings. The smallest absolute Gasteiger partial charge is 0.243 e. The Labute approximate surface area is 103 Å². The van der Waals surface area contributed by atoms with Crippen molar-refractivity contribution in [3.8, 4) is 0 Å². The van der Waals surface area contributed by atoms with Crippen LogP contribution in [0.15, 0.2) is 49.1 Å². The molecule has 1 heterocycles. The highest BCUT2D eigenvalue weighted by Gasteiger charge is 2.01. The van der Waals surface area contributed by atoms with Crippen molar-refractivity contribution >= 4 is 0 Å². The van der Waals surface area contributed by atoms with Crippen LogP contribution in [0, 0.1) is 0 Å². The number of rotatable bonds is 4. The lowest BCUT2D eigenvalue weighted by Crippen LogP contribution is -3.00. The summed E-state index contributed by atoms with van der Waals surface area (Å²) in [6, 6.07) is 10.6. The van der Waals surface area contributed by atoms with Crippen LogP contribution in [0.3, 0.4) is 0 Å². The van der Waals surface area contributed by atoms with E-state index in [4.69, 9.17) is 0 Å². The van der Waals surface area contributed by atoms with Crippen LogP contribution in [0.5, 0.6) is 0 Å². The van der Waals surface area contributed by atoms with Gasteiger partial charge < -0.3 is 12.4 Å². The normalized spacial score (nSPS) is 9.81. The van der Waals surface area contributed by atoms with Crippen molar-refractivity contribution in [1.82, 2.24) is 4.57 Å². The van der Waals surface area contributed by atoms with Gasteiger partial charge in [-0.05, 0) is 12.5 Å². The molecule has 0 amide bonds. The van der Waals surface area contributed by atoms with Gasteiger partial charge in [0.05, 0.1) is 13.1 Å². The number of aromatic nitrogens is 2. The van der Waals surface area contributed by atoms with Gasteiger partial charge in [0.25, 0.3) is 0 Å². The van der Waals surface area contributed by atoms with Crippen molar-refractivity contribution in [3.05, 3.63) is 54.6 Å². The molecular weight excluding hydrogens is 220 g/mol. The van der Waals surface area contributed by atoms with Crippen LogP contribution in [-0.4, -0.2) is 4.57 Å². The third-order valence-corrected chi connectivity index (χ3v) is 2.61. The number of hydrogen-bond acceptors (Lipinski definition) is 0. The van der Waals surface area contributed by atoms with E-state index >= 15 is 0 Å². The molecule has 3 heteroatoms. The van der Waals surface area contributed by atoms with E-state index in [0.717, 1.165) is 19.5 Å². The third-order valence-electron chi connectivity index (χ3n) is 2.61. The van der Waals surface area contributed by atoms with Crippen LogP contribution >= 0.6 is 0 Å². The molecule has 2 aromatic rings. The number of nitrogens with zero attached hydrogens (tertiary/aromatic N) is 2. The van der Waals surface area contributed by atoms with E-state index in [0.29, 0.717) is 0 Å². The highest BCUT2D eigenvalue weighted by atomic mass is 35.5. The minimum absolute atomic E-state index is 0. The van der Waals surface area contributed by atoms with Gasteiger partial charge in [-0.15, -0.1) is 0 Å². The summed E-state index contributed by atoms with van der Waals surface area (Å²) in [4.78, 5) is 0. The molecule has 0 atom stereocenters. The second-order valence-electron chi connectivity index (χ2n) is 3.72. The van der Waals surface area contributed by atoms with Crippen LogP contribution in [0.1, 0.15) is 12.5 Å². The van der Waals surface area contributed by atoms with E-state index in [2.05, 4.69) is 65.1 Å². The van der Waals surface area contributed by atoms with Crippen molar-refractivity contribution < 1.29 is 17.0 Å². The quantitative estimate of drug-likeness (QED) is 0.605. The monoisotopic (exact) mass is 236 g/mol. The highest BCUT2D eigenvalue weighted by Crippen LogP contribution is 1.99. The third kappa shape index (κ3) is 3.38. The Morgan fingerprint density at radius 2 is 1.94 bits per heavy atom. The molecule has 0 radical (unpaired) electrons. The van der Waals surface area contributed by atoms with E-state index in [9.17, 15) is 0 Å². The Kier molecular flexibility index (Phi) is 5.06. The molecule has 0 spiro atoms. The zero-order chi connectivity index (χ0) is 10.5. The maximum Gasteiger partial charge on any atom is 0.243 e. The molecule has 2 nitrogen and oxygen atoms in total. The molecule has 0 unspecified atom stereocenters. The number of hydrogen-bond donors (Lipinski definition) is 0. The summed E-state index contributed by atoms with van der Waals surface area (Å²) >= 11 is 0. The zero-order valence-corrected chi connectivity index (χ0v) is 10.3. The molecule has 1 aromatic carbocycles. The van der Waals surface area contributed by atoms with Crippen LogP contribution in [0.25, 0.3) is 0 Å². The van der Waals surface area contributed by atoms with Crippen LogP contribution in [-0.2, 0) is 19.5 Å². The lowest BCUT2D eigenvalue weighted by molar-refractivity contribution is -0.696. The second kappa shape index (κ2) is 6.33. The summed E-state index contributed by atoms with van der Waals surface area (Å²) < 4.78 is 4.42. The van der Waals surface area contributed by atoms with Crippen molar-refractivity contribution in [3.63, 3.8) is 0 Å². The van der Waals surface area contributed by atoms with Gasteiger partial charge in [-0.25, -0.2) is 9.13 Å². The molecule has 0 saturated carbocycles. The molecule has 0 aliphatic heterocycles. The average molecular weight is 237 g/mol. The van der Waals surface area contributed by atoms with Gasteiger partial charge in [0.1, 0.15) is 12.4 Å².